The molecule has 0 saturated carbocycles. The molecule has 0 aliphatic carbocycles. The van der Waals surface area contributed by atoms with Crippen molar-refractivity contribution in [2.24, 2.45) is 5.73 Å². The Morgan fingerprint density at radius 1 is 1.69 bits per heavy atom. The summed E-state index contributed by atoms with van der Waals surface area (Å²) in [7, 11) is 1.23. The fourth-order valence-electron chi connectivity index (χ4n) is 0.819. The lowest BCUT2D eigenvalue weighted by Crippen LogP contribution is -2.23. The van der Waals surface area contributed by atoms with Crippen molar-refractivity contribution in [2.75, 3.05) is 7.11 Å². The Hall–Kier alpha value is -1.49. The summed E-state index contributed by atoms with van der Waals surface area (Å²) in [5.74, 6) is -1.07. The van der Waals surface area contributed by atoms with Gasteiger partial charge in [0.2, 0.25) is 0 Å². The second kappa shape index (κ2) is 3.95. The molecule has 13 heavy (non-hydrogen) atoms. The summed E-state index contributed by atoms with van der Waals surface area (Å²) in [4.78, 5) is 14.6. The Bertz CT molecular complexity index is 300. The highest BCUT2D eigenvalue weighted by Gasteiger charge is 2.16. The monoisotopic (exact) mass is 184 g/mol. The number of ether oxygens (including phenoxy) is 1. The van der Waals surface area contributed by atoms with E-state index < -0.39 is 17.8 Å². The molecule has 0 bridgehead atoms. The van der Waals surface area contributed by atoms with Gasteiger partial charge in [-0.3, -0.25) is 4.98 Å². The van der Waals surface area contributed by atoms with Crippen LogP contribution in [0.25, 0.3) is 0 Å². The Morgan fingerprint density at radius 3 is 2.85 bits per heavy atom. The second-order valence-corrected chi connectivity index (χ2v) is 2.40. The molecular formula is C8H9FN2O2. The number of rotatable bonds is 2. The highest BCUT2D eigenvalue weighted by Crippen LogP contribution is 2.08. The van der Waals surface area contributed by atoms with Gasteiger partial charge in [0.25, 0.3) is 0 Å². The van der Waals surface area contributed by atoms with Gasteiger partial charge >= 0.3 is 5.97 Å². The lowest BCUT2D eigenvalue weighted by Gasteiger charge is -2.07. The molecule has 1 rings (SSSR count). The topological polar surface area (TPSA) is 65.2 Å². The zero-order valence-electron chi connectivity index (χ0n) is 7.03. The maximum absolute atomic E-state index is 12.4. The first-order chi connectivity index (χ1) is 6.15. The first-order valence-corrected chi connectivity index (χ1v) is 3.60. The number of nitrogens with zero attached hydrogens (tertiary/aromatic N) is 1. The number of carbonyl (C=O) groups excluding carboxylic acids is 1. The number of carbonyl (C=O) groups is 1. The number of methoxy groups -OCH3 is 1. The van der Waals surface area contributed by atoms with Crippen molar-refractivity contribution < 1.29 is 13.9 Å². The van der Waals surface area contributed by atoms with Gasteiger partial charge in [-0.2, -0.15) is 0 Å². The van der Waals surface area contributed by atoms with E-state index in [0.717, 1.165) is 6.20 Å². The van der Waals surface area contributed by atoms with Gasteiger partial charge in [-0.05, 0) is 12.1 Å². The number of pyridine rings is 1. The highest BCUT2D eigenvalue weighted by atomic mass is 19.1. The summed E-state index contributed by atoms with van der Waals surface area (Å²) in [5, 5.41) is 0. The van der Waals surface area contributed by atoms with Crippen LogP contribution in [0.4, 0.5) is 4.39 Å². The molecule has 1 atom stereocenters. The molecule has 5 heteroatoms. The van der Waals surface area contributed by atoms with Gasteiger partial charge in [-0.15, -0.1) is 0 Å². The largest absolute Gasteiger partial charge is 0.468 e. The maximum Gasteiger partial charge on any atom is 0.328 e. The van der Waals surface area contributed by atoms with Gasteiger partial charge in [0.05, 0.1) is 19.0 Å². The number of aromatic nitrogens is 1. The number of esters is 1. The van der Waals surface area contributed by atoms with E-state index in [1.165, 1.54) is 19.2 Å². The van der Waals surface area contributed by atoms with Crippen molar-refractivity contribution in [3.63, 3.8) is 0 Å². The predicted octanol–water partition coefficient (Wildman–Crippen LogP) is 0.393. The average molecular weight is 184 g/mol. The zero-order valence-corrected chi connectivity index (χ0v) is 7.03. The molecule has 0 saturated heterocycles. The van der Waals surface area contributed by atoms with Gasteiger partial charge in [-0.1, -0.05) is 0 Å². The van der Waals surface area contributed by atoms with E-state index in [1.807, 2.05) is 0 Å². The van der Waals surface area contributed by atoms with Crippen LogP contribution in [0.5, 0.6) is 0 Å². The Labute approximate surface area is 74.5 Å². The Morgan fingerprint density at radius 2 is 2.38 bits per heavy atom. The molecule has 70 valence electrons. The van der Waals surface area contributed by atoms with Gasteiger partial charge in [0.1, 0.15) is 11.9 Å². The van der Waals surface area contributed by atoms with Crippen LogP contribution in [0.2, 0.25) is 0 Å². The molecule has 0 fully saturated rings. The number of nitrogens with two attached hydrogens (primary N) is 1. The molecule has 1 aromatic rings. The van der Waals surface area contributed by atoms with Crippen molar-refractivity contribution in [3.05, 3.63) is 29.8 Å². The molecule has 0 aromatic carbocycles. The Balaban J connectivity index is 2.83. The molecule has 0 spiro atoms. The van der Waals surface area contributed by atoms with E-state index in [9.17, 15) is 9.18 Å². The van der Waals surface area contributed by atoms with Crippen LogP contribution in [0.3, 0.4) is 0 Å². The van der Waals surface area contributed by atoms with Gasteiger partial charge in [0, 0.05) is 0 Å². The van der Waals surface area contributed by atoms with Crippen LogP contribution in [0, 0.1) is 5.82 Å². The van der Waals surface area contributed by atoms with Crippen LogP contribution in [0.15, 0.2) is 18.3 Å². The van der Waals surface area contributed by atoms with Crippen molar-refractivity contribution in [3.8, 4) is 0 Å². The van der Waals surface area contributed by atoms with Crippen LogP contribution >= 0.6 is 0 Å². The van der Waals surface area contributed by atoms with Crippen molar-refractivity contribution in [2.45, 2.75) is 6.04 Å². The molecule has 0 radical (unpaired) electrons. The molecule has 0 amide bonds. The van der Waals surface area contributed by atoms with E-state index in [2.05, 4.69) is 9.72 Å². The zero-order chi connectivity index (χ0) is 9.84. The lowest BCUT2D eigenvalue weighted by atomic mass is 10.2. The van der Waals surface area contributed by atoms with E-state index in [4.69, 9.17) is 5.73 Å². The molecule has 0 aliphatic rings. The molecule has 1 aromatic heterocycles. The first-order valence-electron chi connectivity index (χ1n) is 3.60. The number of halogens is 1. The minimum atomic E-state index is -0.953. The molecule has 2 N–H and O–H groups in total. The second-order valence-electron chi connectivity index (χ2n) is 2.40. The van der Waals surface area contributed by atoms with Crippen molar-refractivity contribution >= 4 is 5.97 Å². The van der Waals surface area contributed by atoms with E-state index >= 15 is 0 Å². The molecule has 4 nitrogen and oxygen atoms in total. The number of hydrogen-bond acceptors (Lipinski definition) is 4. The van der Waals surface area contributed by atoms with Gasteiger partial charge in [-0.25, -0.2) is 9.18 Å². The normalized spacial score (nSPS) is 12.2. The molecule has 1 heterocycles. The SMILES string of the molecule is COC(=O)C(N)c1ccc(F)cn1. The summed E-state index contributed by atoms with van der Waals surface area (Å²) in [6.45, 7) is 0. The molecule has 0 aliphatic heterocycles. The predicted molar refractivity (Wildman–Crippen MR) is 43.1 cm³/mol. The van der Waals surface area contributed by atoms with E-state index in [-0.39, 0.29) is 5.69 Å². The smallest absolute Gasteiger partial charge is 0.328 e. The van der Waals surface area contributed by atoms with Crippen molar-refractivity contribution in [1.29, 1.82) is 0 Å². The summed E-state index contributed by atoms with van der Waals surface area (Å²) in [6, 6.07) is 1.58. The fourth-order valence-corrected chi connectivity index (χ4v) is 0.819. The first kappa shape index (κ1) is 9.60. The highest BCUT2D eigenvalue weighted by molar-refractivity contribution is 5.76. The Kier molecular flexibility index (Phi) is 2.92. The van der Waals surface area contributed by atoms with E-state index in [0.29, 0.717) is 0 Å². The fraction of sp³-hybridized carbons (Fsp3) is 0.250. The molecule has 1 unspecified atom stereocenters. The van der Waals surface area contributed by atoms with Crippen molar-refractivity contribution in [1.82, 2.24) is 4.98 Å². The van der Waals surface area contributed by atoms with Gasteiger partial charge in [0.15, 0.2) is 0 Å². The third kappa shape index (κ3) is 2.22. The van der Waals surface area contributed by atoms with Crippen LogP contribution in [-0.4, -0.2) is 18.1 Å². The lowest BCUT2D eigenvalue weighted by molar-refractivity contribution is -0.142. The van der Waals surface area contributed by atoms with Gasteiger partial charge < -0.3 is 10.5 Å². The van der Waals surface area contributed by atoms with Crippen LogP contribution < -0.4 is 5.73 Å². The maximum atomic E-state index is 12.4. The van der Waals surface area contributed by atoms with E-state index in [1.54, 1.807) is 0 Å². The quantitative estimate of drug-likeness (QED) is 0.675. The van der Waals surface area contributed by atoms with Crippen LogP contribution in [0.1, 0.15) is 11.7 Å². The molecular weight excluding hydrogens is 175 g/mol. The summed E-state index contributed by atoms with van der Waals surface area (Å²) >= 11 is 0. The minimum Gasteiger partial charge on any atom is -0.468 e. The number of hydrogen-bond donors (Lipinski definition) is 1. The average Bonchev–Trinajstić information content (AvgIpc) is 2.17. The third-order valence-electron chi connectivity index (χ3n) is 1.52. The summed E-state index contributed by atoms with van der Waals surface area (Å²) in [5.41, 5.74) is 5.73. The minimum absolute atomic E-state index is 0.285. The van der Waals surface area contributed by atoms with Crippen LogP contribution in [-0.2, 0) is 9.53 Å². The standard InChI is InChI=1S/C8H9FN2O2/c1-13-8(12)7(10)6-3-2-5(9)4-11-6/h2-4,7H,10H2,1H3. The summed E-state index contributed by atoms with van der Waals surface area (Å²) < 4.78 is 16.8. The summed E-state index contributed by atoms with van der Waals surface area (Å²) in [6.07, 6.45) is 0.998. The third-order valence-corrected chi connectivity index (χ3v) is 1.52.